The second-order valence-corrected chi connectivity index (χ2v) is 5.97. The fraction of sp³-hybridized carbons (Fsp3) is 0.857. The number of aliphatic hydroxyl groups is 6. The molecular weight excluding hydrogens is 310 g/mol. The van der Waals surface area contributed by atoms with Crippen LogP contribution in [0.4, 0.5) is 0 Å². The normalized spacial score (nSPS) is 48.2. The molecule has 0 saturated carbocycles. The van der Waals surface area contributed by atoms with Crippen molar-refractivity contribution < 1.29 is 40.1 Å². The minimum Gasteiger partial charge on any atom is -0.392 e. The van der Waals surface area contributed by atoms with Crippen LogP contribution in [0, 0.1) is 0 Å². The molecular formula is C14H25NO8. The number of hydrogen-bond acceptors (Lipinski definition) is 9. The average molecular weight is 335 g/mol. The summed E-state index contributed by atoms with van der Waals surface area (Å²) in [6, 6.07) is -1.60. The number of aliphatic hydroxyl groups excluding tert-OH is 6. The first-order chi connectivity index (χ1) is 10.8. The largest absolute Gasteiger partial charge is 0.392 e. The summed E-state index contributed by atoms with van der Waals surface area (Å²) in [4.78, 5) is 0. The van der Waals surface area contributed by atoms with Crippen molar-refractivity contribution in [1.82, 2.24) is 5.32 Å². The highest BCUT2D eigenvalue weighted by atomic mass is 16.7. The molecule has 1 saturated heterocycles. The lowest BCUT2D eigenvalue weighted by Crippen LogP contribution is -2.66. The van der Waals surface area contributed by atoms with Gasteiger partial charge in [-0.3, -0.25) is 0 Å². The first kappa shape index (κ1) is 18.7. The number of hydrogen-bond donors (Lipinski definition) is 7. The zero-order chi connectivity index (χ0) is 17.3. The molecule has 0 bridgehead atoms. The maximum atomic E-state index is 10.2. The number of ether oxygens (including phenoxy) is 2. The van der Waals surface area contributed by atoms with E-state index in [-0.39, 0.29) is 5.57 Å². The summed E-state index contributed by atoms with van der Waals surface area (Å²) in [5.41, 5.74) is 0.162. The van der Waals surface area contributed by atoms with E-state index in [0.717, 1.165) is 0 Å². The van der Waals surface area contributed by atoms with Gasteiger partial charge in [-0.2, -0.15) is 0 Å². The number of rotatable bonds is 4. The molecule has 7 N–H and O–H groups in total. The Bertz CT molecular complexity index is 433. The third-order valence-electron chi connectivity index (χ3n) is 4.47. The molecule has 1 fully saturated rings. The van der Waals surface area contributed by atoms with Gasteiger partial charge in [-0.15, -0.1) is 0 Å². The van der Waals surface area contributed by atoms with E-state index in [1.807, 2.05) is 0 Å². The molecule has 134 valence electrons. The molecule has 9 nitrogen and oxygen atoms in total. The van der Waals surface area contributed by atoms with Gasteiger partial charge in [0.15, 0.2) is 6.29 Å². The van der Waals surface area contributed by atoms with Crippen molar-refractivity contribution >= 4 is 0 Å². The van der Waals surface area contributed by atoms with E-state index in [1.165, 1.54) is 13.2 Å². The SMILES string of the molecule is COC1O[C@H](C)C(N[C@@H]2C=C(CO)C(O)[C@@H](O)C2O)[C@H](O)C1O. The fourth-order valence-electron chi connectivity index (χ4n) is 3.02. The minimum absolute atomic E-state index is 0.162. The van der Waals surface area contributed by atoms with Gasteiger partial charge >= 0.3 is 0 Å². The van der Waals surface area contributed by atoms with Crippen molar-refractivity contribution in [2.75, 3.05) is 13.7 Å². The average Bonchev–Trinajstić information content (AvgIpc) is 2.54. The van der Waals surface area contributed by atoms with Gasteiger partial charge in [0.05, 0.1) is 24.8 Å². The van der Waals surface area contributed by atoms with E-state index in [2.05, 4.69) is 5.32 Å². The molecule has 5 unspecified atom stereocenters. The van der Waals surface area contributed by atoms with Gasteiger partial charge in [-0.25, -0.2) is 0 Å². The summed E-state index contributed by atoms with van der Waals surface area (Å²) in [6.07, 6.45) is -6.83. The predicted molar refractivity (Wildman–Crippen MR) is 77.3 cm³/mol. The Kier molecular flexibility index (Phi) is 6.11. The van der Waals surface area contributed by atoms with Crippen molar-refractivity contribution in [2.45, 2.75) is 61.9 Å². The van der Waals surface area contributed by atoms with Crippen molar-refractivity contribution in [2.24, 2.45) is 0 Å². The summed E-state index contributed by atoms with van der Waals surface area (Å²) in [5, 5.41) is 62.0. The Balaban J connectivity index is 2.15. The second-order valence-electron chi connectivity index (χ2n) is 5.97. The van der Waals surface area contributed by atoms with Crippen LogP contribution in [0.25, 0.3) is 0 Å². The van der Waals surface area contributed by atoms with E-state index in [4.69, 9.17) is 9.47 Å². The zero-order valence-corrected chi connectivity index (χ0v) is 13.0. The third kappa shape index (κ3) is 3.58. The fourth-order valence-corrected chi connectivity index (χ4v) is 3.02. The lowest BCUT2D eigenvalue weighted by Gasteiger charge is -2.44. The molecule has 0 aromatic rings. The predicted octanol–water partition coefficient (Wildman–Crippen LogP) is -3.56. The topological polar surface area (TPSA) is 152 Å². The van der Waals surface area contributed by atoms with Gasteiger partial charge in [0.2, 0.25) is 0 Å². The maximum absolute atomic E-state index is 10.2. The highest BCUT2D eigenvalue weighted by molar-refractivity contribution is 5.22. The van der Waals surface area contributed by atoms with Crippen LogP contribution in [0.5, 0.6) is 0 Å². The van der Waals surface area contributed by atoms with Crippen molar-refractivity contribution in [3.05, 3.63) is 11.6 Å². The summed E-state index contributed by atoms with van der Waals surface area (Å²) < 4.78 is 10.4. The van der Waals surface area contributed by atoms with E-state index in [9.17, 15) is 30.6 Å². The first-order valence-corrected chi connectivity index (χ1v) is 7.47. The molecule has 9 heteroatoms. The van der Waals surface area contributed by atoms with Gasteiger partial charge < -0.3 is 45.4 Å². The van der Waals surface area contributed by atoms with Crippen molar-refractivity contribution in [3.8, 4) is 0 Å². The minimum atomic E-state index is -1.48. The summed E-state index contributed by atoms with van der Waals surface area (Å²) in [5.74, 6) is 0. The van der Waals surface area contributed by atoms with Crippen LogP contribution < -0.4 is 5.32 Å². The monoisotopic (exact) mass is 335 g/mol. The van der Waals surface area contributed by atoms with Crippen molar-refractivity contribution in [3.63, 3.8) is 0 Å². The second kappa shape index (κ2) is 7.51. The van der Waals surface area contributed by atoms with Gasteiger partial charge in [-0.1, -0.05) is 6.08 Å². The standard InChI is InChI=1S/C14H25NO8/c1-5-8(11(19)13(21)14(22-2)23-5)15-7-3-6(4-16)9(17)12(20)10(7)18/h3,5,7-21H,4H2,1-2H3/t5-,7-,8?,9?,10?,11+,12-,13?,14?/m1/s1. The van der Waals surface area contributed by atoms with Crippen molar-refractivity contribution in [1.29, 1.82) is 0 Å². The van der Waals surface area contributed by atoms with Crippen LogP contribution in [0.1, 0.15) is 6.92 Å². The summed E-state index contributed by atoms with van der Waals surface area (Å²) in [7, 11) is 1.35. The molecule has 2 rings (SSSR count). The van der Waals surface area contributed by atoms with Gasteiger partial charge in [-0.05, 0) is 12.5 Å². The Morgan fingerprint density at radius 3 is 2.30 bits per heavy atom. The molecule has 0 aromatic carbocycles. The molecule has 0 aromatic heterocycles. The molecule has 1 aliphatic carbocycles. The summed E-state index contributed by atoms with van der Waals surface area (Å²) in [6.45, 7) is 1.19. The van der Waals surface area contributed by atoms with Crippen LogP contribution in [-0.2, 0) is 9.47 Å². The van der Waals surface area contributed by atoms with E-state index >= 15 is 0 Å². The smallest absolute Gasteiger partial charge is 0.186 e. The molecule has 23 heavy (non-hydrogen) atoms. The molecule has 9 atom stereocenters. The van der Waals surface area contributed by atoms with Crippen LogP contribution in [0.15, 0.2) is 11.6 Å². The quantitative estimate of drug-likeness (QED) is 0.259. The Morgan fingerprint density at radius 2 is 1.74 bits per heavy atom. The Morgan fingerprint density at radius 1 is 1.09 bits per heavy atom. The number of methoxy groups -OCH3 is 1. The molecule has 0 radical (unpaired) electrons. The lowest BCUT2D eigenvalue weighted by atomic mass is 9.86. The molecule has 0 spiro atoms. The highest BCUT2D eigenvalue weighted by Crippen LogP contribution is 2.25. The van der Waals surface area contributed by atoms with Crippen LogP contribution in [0.3, 0.4) is 0 Å². The molecule has 1 heterocycles. The van der Waals surface area contributed by atoms with Gasteiger partial charge in [0.1, 0.15) is 30.5 Å². The molecule has 1 aliphatic heterocycles. The third-order valence-corrected chi connectivity index (χ3v) is 4.47. The first-order valence-electron chi connectivity index (χ1n) is 7.47. The Hall–Kier alpha value is -0.620. The zero-order valence-electron chi connectivity index (χ0n) is 13.0. The maximum Gasteiger partial charge on any atom is 0.186 e. The molecule has 2 aliphatic rings. The number of nitrogens with one attached hydrogen (secondary N) is 1. The van der Waals surface area contributed by atoms with Crippen LogP contribution in [-0.4, -0.2) is 99.4 Å². The van der Waals surface area contributed by atoms with Crippen LogP contribution in [0.2, 0.25) is 0 Å². The highest BCUT2D eigenvalue weighted by Gasteiger charge is 2.45. The van der Waals surface area contributed by atoms with Crippen LogP contribution >= 0.6 is 0 Å². The molecule has 0 amide bonds. The van der Waals surface area contributed by atoms with Gasteiger partial charge in [0.25, 0.3) is 0 Å². The summed E-state index contributed by atoms with van der Waals surface area (Å²) >= 11 is 0. The lowest BCUT2D eigenvalue weighted by molar-refractivity contribution is -0.265. The Labute approximate surface area is 133 Å². The van der Waals surface area contributed by atoms with E-state index < -0.39 is 61.6 Å². The van der Waals surface area contributed by atoms with E-state index in [0.29, 0.717) is 0 Å². The van der Waals surface area contributed by atoms with Gasteiger partial charge in [0, 0.05) is 7.11 Å². The van der Waals surface area contributed by atoms with E-state index in [1.54, 1.807) is 6.92 Å².